The lowest BCUT2D eigenvalue weighted by Crippen LogP contribution is -2.21. The van der Waals surface area contributed by atoms with Crippen LogP contribution in [0.15, 0.2) is 121 Å². The Morgan fingerprint density at radius 2 is 0.550 bits per heavy atom. The fraction of sp³-hybridized carbons (Fsp3) is 0.167. The van der Waals surface area contributed by atoms with Crippen LogP contribution in [0, 0.1) is 0 Å². The normalized spacial score (nSPS) is 11.7. The molecule has 0 spiro atoms. The van der Waals surface area contributed by atoms with Gasteiger partial charge in [0.15, 0.2) is 0 Å². The van der Waals surface area contributed by atoms with Crippen molar-refractivity contribution in [2.75, 3.05) is 11.5 Å². The highest BCUT2D eigenvalue weighted by molar-refractivity contribution is 5.47. The first-order valence-electron chi connectivity index (χ1n) is 13.5. The third-order valence-corrected chi connectivity index (χ3v) is 7.71. The zero-order valence-electron chi connectivity index (χ0n) is 23.5. The second-order valence-corrected chi connectivity index (χ2v) is 11.2. The van der Waals surface area contributed by atoms with Crippen molar-refractivity contribution >= 4 is 11.4 Å². The fourth-order valence-corrected chi connectivity index (χ4v) is 4.86. The van der Waals surface area contributed by atoms with Crippen molar-refractivity contribution in [2.45, 2.75) is 38.5 Å². The molecule has 0 heterocycles. The number of rotatable bonds is 8. The van der Waals surface area contributed by atoms with Crippen molar-refractivity contribution in [1.29, 1.82) is 0 Å². The van der Waals surface area contributed by atoms with Crippen LogP contribution in [0.25, 0.3) is 0 Å². The maximum atomic E-state index is 5.98. The lowest BCUT2D eigenvalue weighted by molar-refractivity contribution is 0.481. The molecule has 4 nitrogen and oxygen atoms in total. The molecule has 0 amide bonds. The Kier molecular flexibility index (Phi) is 7.27. The average Bonchev–Trinajstić information content (AvgIpc) is 2.96. The Labute approximate surface area is 237 Å². The second kappa shape index (κ2) is 10.8. The van der Waals surface area contributed by atoms with Gasteiger partial charge >= 0.3 is 0 Å². The molecule has 0 saturated heterocycles. The number of nitrogens with two attached hydrogens (primary N) is 2. The van der Waals surface area contributed by atoms with E-state index in [9.17, 15) is 0 Å². The maximum absolute atomic E-state index is 5.98. The molecule has 202 valence electrons. The van der Waals surface area contributed by atoms with Crippen LogP contribution in [0.1, 0.15) is 49.9 Å². The van der Waals surface area contributed by atoms with E-state index in [4.69, 9.17) is 20.9 Å². The molecule has 0 aliphatic rings. The zero-order chi connectivity index (χ0) is 28.3. The third-order valence-electron chi connectivity index (χ3n) is 7.71. The van der Waals surface area contributed by atoms with E-state index >= 15 is 0 Å². The molecule has 0 aliphatic carbocycles. The first kappa shape index (κ1) is 26.9. The summed E-state index contributed by atoms with van der Waals surface area (Å²) in [7, 11) is 0. The van der Waals surface area contributed by atoms with Gasteiger partial charge in [-0.2, -0.15) is 0 Å². The van der Waals surface area contributed by atoms with Crippen molar-refractivity contribution in [3.05, 3.63) is 144 Å². The molecule has 5 aromatic rings. The number of hydrogen-bond donors (Lipinski definition) is 2. The van der Waals surface area contributed by atoms with Gasteiger partial charge in [-0.3, -0.25) is 0 Å². The fourth-order valence-electron chi connectivity index (χ4n) is 4.86. The minimum Gasteiger partial charge on any atom is -0.457 e. The number of benzene rings is 5. The Hall–Kier alpha value is -4.70. The second-order valence-electron chi connectivity index (χ2n) is 11.2. The summed E-state index contributed by atoms with van der Waals surface area (Å²) < 4.78 is 12.0. The van der Waals surface area contributed by atoms with E-state index in [0.717, 1.165) is 34.4 Å². The van der Waals surface area contributed by atoms with Crippen LogP contribution in [-0.2, 0) is 10.8 Å². The largest absolute Gasteiger partial charge is 0.457 e. The smallest absolute Gasteiger partial charge is 0.127 e. The molecular weight excluding hydrogens is 492 g/mol. The highest BCUT2D eigenvalue weighted by Crippen LogP contribution is 2.37. The van der Waals surface area contributed by atoms with Crippen molar-refractivity contribution in [2.24, 2.45) is 0 Å². The zero-order valence-corrected chi connectivity index (χ0v) is 23.5. The Balaban J connectivity index is 1.28. The molecule has 0 aliphatic heterocycles. The topological polar surface area (TPSA) is 70.5 Å². The van der Waals surface area contributed by atoms with E-state index in [2.05, 4.69) is 76.2 Å². The summed E-state index contributed by atoms with van der Waals surface area (Å²) in [4.78, 5) is 0. The van der Waals surface area contributed by atoms with E-state index in [1.165, 1.54) is 22.3 Å². The summed E-state index contributed by atoms with van der Waals surface area (Å²) in [6.07, 6.45) is 0. The van der Waals surface area contributed by atoms with E-state index in [1.807, 2.05) is 72.8 Å². The van der Waals surface area contributed by atoms with Crippen LogP contribution in [0.5, 0.6) is 23.0 Å². The van der Waals surface area contributed by atoms with Crippen molar-refractivity contribution < 1.29 is 9.47 Å². The number of ether oxygens (including phenoxy) is 2. The predicted molar refractivity (Wildman–Crippen MR) is 165 cm³/mol. The SMILES string of the molecule is CC(C)(c1ccc(Oc2ccc(N)cc2)cc1)c1ccc(C(C)(C)c2ccc(Oc3ccc(N)cc3)cc2)cc1. The van der Waals surface area contributed by atoms with Gasteiger partial charge in [0.05, 0.1) is 0 Å². The number of hydrogen-bond acceptors (Lipinski definition) is 4. The molecule has 40 heavy (non-hydrogen) atoms. The van der Waals surface area contributed by atoms with Gasteiger partial charge in [-0.1, -0.05) is 76.2 Å². The lowest BCUT2D eigenvalue weighted by Gasteiger charge is -2.29. The third kappa shape index (κ3) is 5.81. The van der Waals surface area contributed by atoms with Crippen LogP contribution in [0.3, 0.4) is 0 Å². The van der Waals surface area contributed by atoms with Crippen LogP contribution >= 0.6 is 0 Å². The summed E-state index contributed by atoms with van der Waals surface area (Å²) in [6.45, 7) is 9.01. The van der Waals surface area contributed by atoms with E-state index in [1.54, 1.807) is 0 Å². The molecular formula is C36H36N2O2. The van der Waals surface area contributed by atoms with Gasteiger partial charge in [0.1, 0.15) is 23.0 Å². The van der Waals surface area contributed by atoms with Crippen LogP contribution < -0.4 is 20.9 Å². The van der Waals surface area contributed by atoms with Crippen LogP contribution in [0.2, 0.25) is 0 Å². The Morgan fingerprint density at radius 3 is 0.800 bits per heavy atom. The molecule has 0 aromatic heterocycles. The summed E-state index contributed by atoms with van der Waals surface area (Å²) >= 11 is 0. The van der Waals surface area contributed by atoms with Gasteiger partial charge in [0.2, 0.25) is 0 Å². The van der Waals surface area contributed by atoms with Crippen molar-refractivity contribution in [1.82, 2.24) is 0 Å². The summed E-state index contributed by atoms with van der Waals surface area (Å²) in [5.41, 5.74) is 17.6. The molecule has 4 N–H and O–H groups in total. The predicted octanol–water partition coefficient (Wildman–Crippen LogP) is 9.09. The highest BCUT2D eigenvalue weighted by Gasteiger charge is 2.26. The standard InChI is InChI=1S/C36H36N2O2/c1-35(2,27-9-17-31(18-10-27)39-33-21-13-29(37)14-22-33)25-5-7-26(8-6-25)36(3,4)28-11-19-32(20-12-28)40-34-23-15-30(38)16-24-34/h5-24H,37-38H2,1-4H3. The molecule has 4 heteroatoms. The summed E-state index contributed by atoms with van der Waals surface area (Å²) in [5, 5.41) is 0. The van der Waals surface area contributed by atoms with Gasteiger partial charge in [0.25, 0.3) is 0 Å². The van der Waals surface area contributed by atoms with Gasteiger partial charge in [-0.05, 0) is 95.1 Å². The minimum atomic E-state index is -0.163. The molecule has 0 bridgehead atoms. The first-order valence-corrected chi connectivity index (χ1v) is 13.5. The van der Waals surface area contributed by atoms with Gasteiger partial charge in [-0.25, -0.2) is 0 Å². The average molecular weight is 529 g/mol. The minimum absolute atomic E-state index is 0.163. The lowest BCUT2D eigenvalue weighted by atomic mass is 9.74. The number of nitrogen functional groups attached to an aromatic ring is 2. The quantitative estimate of drug-likeness (QED) is 0.197. The van der Waals surface area contributed by atoms with Gasteiger partial charge in [-0.15, -0.1) is 0 Å². The van der Waals surface area contributed by atoms with Gasteiger partial charge < -0.3 is 20.9 Å². The summed E-state index contributed by atoms with van der Waals surface area (Å²) in [5.74, 6) is 3.13. The Morgan fingerprint density at radius 1 is 0.350 bits per heavy atom. The number of anilines is 2. The monoisotopic (exact) mass is 528 g/mol. The first-order chi connectivity index (χ1) is 19.1. The summed E-state index contributed by atoms with van der Waals surface area (Å²) in [6, 6.07) is 40.5. The van der Waals surface area contributed by atoms with E-state index in [-0.39, 0.29) is 10.8 Å². The van der Waals surface area contributed by atoms with Gasteiger partial charge in [0, 0.05) is 22.2 Å². The molecule has 0 fully saturated rings. The molecule has 5 aromatic carbocycles. The van der Waals surface area contributed by atoms with E-state index < -0.39 is 0 Å². The highest BCUT2D eigenvalue weighted by atomic mass is 16.5. The maximum Gasteiger partial charge on any atom is 0.127 e. The van der Waals surface area contributed by atoms with Crippen molar-refractivity contribution in [3.8, 4) is 23.0 Å². The molecule has 5 rings (SSSR count). The van der Waals surface area contributed by atoms with E-state index in [0.29, 0.717) is 0 Å². The molecule has 0 saturated carbocycles. The van der Waals surface area contributed by atoms with Crippen LogP contribution in [0.4, 0.5) is 11.4 Å². The van der Waals surface area contributed by atoms with Crippen LogP contribution in [-0.4, -0.2) is 0 Å². The molecule has 0 unspecified atom stereocenters. The molecule has 0 atom stereocenters. The molecule has 0 radical (unpaired) electrons. The van der Waals surface area contributed by atoms with Crippen molar-refractivity contribution in [3.63, 3.8) is 0 Å². The Bertz CT molecular complexity index is 1430.